The summed E-state index contributed by atoms with van der Waals surface area (Å²) in [7, 11) is 0. The smallest absolute Gasteiger partial charge is 0.391 e. The fraction of sp³-hybridized carbons (Fsp3) is 0.400. The quantitative estimate of drug-likeness (QED) is 0.568. The molecule has 1 heterocycles. The van der Waals surface area contributed by atoms with Crippen molar-refractivity contribution >= 4 is 17.4 Å². The summed E-state index contributed by atoms with van der Waals surface area (Å²) in [6, 6.07) is 11.5. The average molecular weight is 414 g/mol. The summed E-state index contributed by atoms with van der Waals surface area (Å²) < 4.78 is 51.3. The molecule has 28 heavy (non-hydrogen) atoms. The molecule has 3 rings (SSSR count). The summed E-state index contributed by atoms with van der Waals surface area (Å²) in [6.45, 7) is 3.56. The lowest BCUT2D eigenvalue weighted by Crippen LogP contribution is -2.48. The number of β-amino-alcohol motifs (C(OH)–C–C–N with tert-alkyl or cyclic N) is 1. The molecule has 0 aliphatic carbocycles. The highest BCUT2D eigenvalue weighted by Crippen LogP contribution is 2.32. The third-order valence-electron chi connectivity index (χ3n) is 4.64. The van der Waals surface area contributed by atoms with E-state index >= 15 is 0 Å². The van der Waals surface area contributed by atoms with Gasteiger partial charge in [-0.05, 0) is 42.5 Å². The van der Waals surface area contributed by atoms with Crippen LogP contribution in [0, 0.1) is 5.82 Å². The van der Waals surface area contributed by atoms with E-state index in [4.69, 9.17) is 0 Å². The number of benzene rings is 2. The number of hydrogen-bond donors (Lipinski definition) is 1. The van der Waals surface area contributed by atoms with Crippen LogP contribution >= 0.6 is 11.8 Å². The van der Waals surface area contributed by atoms with E-state index in [1.54, 1.807) is 18.2 Å². The summed E-state index contributed by atoms with van der Waals surface area (Å²) in [4.78, 5) is 4.80. The zero-order valence-corrected chi connectivity index (χ0v) is 16.0. The number of thioether (sulfide) groups is 1. The van der Waals surface area contributed by atoms with Crippen molar-refractivity contribution in [2.75, 3.05) is 43.4 Å². The van der Waals surface area contributed by atoms with Crippen molar-refractivity contribution in [3.8, 4) is 0 Å². The number of alkyl halides is 3. The van der Waals surface area contributed by atoms with Gasteiger partial charge >= 0.3 is 6.18 Å². The Balaban J connectivity index is 1.43. The van der Waals surface area contributed by atoms with Crippen molar-refractivity contribution in [3.05, 3.63) is 59.9 Å². The van der Waals surface area contributed by atoms with E-state index in [0.29, 0.717) is 17.2 Å². The first kappa shape index (κ1) is 21.0. The third kappa shape index (κ3) is 5.86. The van der Waals surface area contributed by atoms with Gasteiger partial charge in [-0.2, -0.15) is 13.2 Å². The molecule has 1 aliphatic heterocycles. The Morgan fingerprint density at radius 1 is 1.00 bits per heavy atom. The first-order valence-corrected chi connectivity index (χ1v) is 10.0. The Hall–Kier alpha value is -1.77. The summed E-state index contributed by atoms with van der Waals surface area (Å²) in [5.41, 5.74) is 0.297. The molecule has 0 spiro atoms. The molecule has 1 saturated heterocycles. The predicted molar refractivity (Wildman–Crippen MR) is 103 cm³/mol. The van der Waals surface area contributed by atoms with Crippen LogP contribution in [-0.2, 0) is 6.18 Å². The van der Waals surface area contributed by atoms with Gasteiger partial charge in [0.2, 0.25) is 0 Å². The molecule has 1 fully saturated rings. The van der Waals surface area contributed by atoms with E-state index < -0.39 is 17.8 Å². The second kappa shape index (κ2) is 9.15. The molecule has 3 nitrogen and oxygen atoms in total. The van der Waals surface area contributed by atoms with Gasteiger partial charge in [-0.3, -0.25) is 4.90 Å². The largest absolute Gasteiger partial charge is 0.416 e. The maximum atomic E-state index is 13.0. The van der Waals surface area contributed by atoms with Crippen LogP contribution in [0.2, 0.25) is 0 Å². The number of halogens is 4. The number of piperazine rings is 1. The highest BCUT2D eigenvalue weighted by Gasteiger charge is 2.30. The van der Waals surface area contributed by atoms with Gasteiger partial charge in [-0.1, -0.05) is 6.07 Å². The summed E-state index contributed by atoms with van der Waals surface area (Å²) >= 11 is 1.22. The van der Waals surface area contributed by atoms with Crippen LogP contribution in [0.3, 0.4) is 0 Å². The molecule has 1 N–H and O–H groups in total. The predicted octanol–water partition coefficient (Wildman–Crippen LogP) is 4.12. The molecule has 0 radical (unpaired) electrons. The minimum absolute atomic E-state index is 0.260. The Morgan fingerprint density at radius 2 is 1.68 bits per heavy atom. The molecule has 2 aromatic rings. The van der Waals surface area contributed by atoms with E-state index in [2.05, 4.69) is 9.80 Å². The highest BCUT2D eigenvalue weighted by molar-refractivity contribution is 7.99. The number of aliphatic hydroxyl groups is 1. The highest BCUT2D eigenvalue weighted by atomic mass is 32.2. The van der Waals surface area contributed by atoms with Crippen molar-refractivity contribution in [1.82, 2.24) is 4.90 Å². The van der Waals surface area contributed by atoms with E-state index in [1.165, 1.54) is 30.0 Å². The van der Waals surface area contributed by atoms with Crippen molar-refractivity contribution in [2.45, 2.75) is 17.2 Å². The lowest BCUT2D eigenvalue weighted by Gasteiger charge is -2.36. The topological polar surface area (TPSA) is 26.7 Å². The van der Waals surface area contributed by atoms with Crippen LogP contribution in [0.1, 0.15) is 5.56 Å². The Bertz CT molecular complexity index is 762. The van der Waals surface area contributed by atoms with Gasteiger partial charge in [0.1, 0.15) is 5.82 Å². The summed E-state index contributed by atoms with van der Waals surface area (Å²) in [5.74, 6) is 0.0724. The van der Waals surface area contributed by atoms with Gasteiger partial charge in [0.05, 0.1) is 11.7 Å². The number of nitrogens with zero attached hydrogens (tertiary/aromatic N) is 2. The van der Waals surface area contributed by atoms with Crippen LogP contribution in [0.4, 0.5) is 23.2 Å². The van der Waals surface area contributed by atoms with Gasteiger partial charge in [0, 0.05) is 49.1 Å². The zero-order valence-electron chi connectivity index (χ0n) is 15.2. The van der Waals surface area contributed by atoms with Gasteiger partial charge in [-0.15, -0.1) is 11.8 Å². The molecule has 0 amide bonds. The maximum absolute atomic E-state index is 13.0. The van der Waals surface area contributed by atoms with Gasteiger partial charge in [0.15, 0.2) is 0 Å². The van der Waals surface area contributed by atoms with Crippen LogP contribution < -0.4 is 4.90 Å². The third-order valence-corrected chi connectivity index (χ3v) is 5.78. The Morgan fingerprint density at radius 3 is 2.32 bits per heavy atom. The number of aliphatic hydroxyl groups excluding tert-OH is 1. The minimum atomic E-state index is -4.36. The van der Waals surface area contributed by atoms with Gasteiger partial charge < -0.3 is 10.0 Å². The second-order valence-corrected chi connectivity index (χ2v) is 7.85. The van der Waals surface area contributed by atoms with Crippen LogP contribution in [-0.4, -0.2) is 54.6 Å². The normalized spacial score (nSPS) is 17.0. The minimum Gasteiger partial charge on any atom is -0.391 e. The SMILES string of the molecule is OC(CSc1cccc(C(F)(F)F)c1)CN1CCN(c2ccc(F)cc2)CC1. The van der Waals surface area contributed by atoms with Crippen molar-refractivity contribution < 1.29 is 22.7 Å². The van der Waals surface area contributed by atoms with Gasteiger partial charge in [0.25, 0.3) is 0 Å². The van der Waals surface area contributed by atoms with Gasteiger partial charge in [-0.25, -0.2) is 4.39 Å². The summed E-state index contributed by atoms with van der Waals surface area (Å²) in [5, 5.41) is 10.3. The molecule has 152 valence electrons. The fourth-order valence-electron chi connectivity index (χ4n) is 3.15. The van der Waals surface area contributed by atoms with E-state index in [9.17, 15) is 22.7 Å². The molecule has 0 saturated carbocycles. The second-order valence-electron chi connectivity index (χ2n) is 6.75. The Kier molecular flexibility index (Phi) is 6.85. The standard InChI is InChI=1S/C20H22F4N2OS/c21-16-4-6-17(7-5-16)26-10-8-25(9-11-26)13-18(27)14-28-19-3-1-2-15(12-19)20(22,23)24/h1-7,12,18,27H,8-11,13-14H2. The molecular formula is C20H22F4N2OS. The monoisotopic (exact) mass is 414 g/mol. The molecule has 1 aliphatic rings. The number of anilines is 1. The molecule has 1 unspecified atom stereocenters. The lowest BCUT2D eigenvalue weighted by molar-refractivity contribution is -0.137. The van der Waals surface area contributed by atoms with Crippen molar-refractivity contribution in [3.63, 3.8) is 0 Å². The molecule has 0 bridgehead atoms. The van der Waals surface area contributed by atoms with E-state index in [-0.39, 0.29) is 5.82 Å². The van der Waals surface area contributed by atoms with E-state index in [0.717, 1.165) is 44.0 Å². The molecule has 1 atom stereocenters. The van der Waals surface area contributed by atoms with Crippen molar-refractivity contribution in [2.24, 2.45) is 0 Å². The molecular weight excluding hydrogens is 392 g/mol. The maximum Gasteiger partial charge on any atom is 0.416 e. The molecule has 0 aromatic heterocycles. The molecule has 8 heteroatoms. The van der Waals surface area contributed by atoms with Crippen LogP contribution in [0.15, 0.2) is 53.4 Å². The van der Waals surface area contributed by atoms with Crippen LogP contribution in [0.5, 0.6) is 0 Å². The molecule has 2 aromatic carbocycles. The zero-order chi connectivity index (χ0) is 20.1. The summed E-state index contributed by atoms with van der Waals surface area (Å²) in [6.07, 6.45) is -4.99. The average Bonchev–Trinajstić information content (AvgIpc) is 2.67. The first-order valence-electron chi connectivity index (χ1n) is 9.02. The fourth-order valence-corrected chi connectivity index (χ4v) is 4.02. The van der Waals surface area contributed by atoms with Crippen molar-refractivity contribution in [1.29, 1.82) is 0 Å². The number of rotatable bonds is 6. The van der Waals surface area contributed by atoms with E-state index in [1.807, 2.05) is 0 Å². The Labute approximate surface area is 166 Å². The van der Waals surface area contributed by atoms with Crippen LogP contribution in [0.25, 0.3) is 0 Å². The first-order chi connectivity index (χ1) is 13.3. The number of hydrogen-bond acceptors (Lipinski definition) is 4. The lowest BCUT2D eigenvalue weighted by atomic mass is 10.2.